The molecular formula is C19H29NO2. The highest BCUT2D eigenvalue weighted by atomic mass is 16.4. The molecule has 1 fully saturated rings. The van der Waals surface area contributed by atoms with Crippen LogP contribution < -0.4 is 0 Å². The number of carboxylic acids is 1. The highest BCUT2D eigenvalue weighted by Crippen LogP contribution is 2.24. The molecule has 2 rings (SSSR count). The van der Waals surface area contributed by atoms with Gasteiger partial charge in [-0.25, -0.2) is 0 Å². The van der Waals surface area contributed by atoms with Gasteiger partial charge in [0.1, 0.15) is 0 Å². The fraction of sp³-hybridized carbons (Fsp3) is 0.632. The SMILES string of the molecule is CC1CCC(C(=O)O)CN1CCc1ccc(C(C)(C)C)cc1. The fourth-order valence-electron chi connectivity index (χ4n) is 3.14. The van der Waals surface area contributed by atoms with E-state index in [2.05, 4.69) is 56.9 Å². The molecule has 2 atom stereocenters. The average Bonchev–Trinajstić information content (AvgIpc) is 2.45. The van der Waals surface area contributed by atoms with Crippen LogP contribution in [0.1, 0.15) is 51.7 Å². The lowest BCUT2D eigenvalue weighted by Crippen LogP contribution is -2.44. The van der Waals surface area contributed by atoms with Crippen LogP contribution in [0.4, 0.5) is 0 Å². The van der Waals surface area contributed by atoms with Crippen molar-refractivity contribution in [3.05, 3.63) is 35.4 Å². The maximum Gasteiger partial charge on any atom is 0.307 e. The molecule has 1 N–H and O–H groups in total. The van der Waals surface area contributed by atoms with Crippen LogP contribution in [-0.2, 0) is 16.6 Å². The van der Waals surface area contributed by atoms with Crippen molar-refractivity contribution >= 4 is 5.97 Å². The summed E-state index contributed by atoms with van der Waals surface area (Å²) < 4.78 is 0. The van der Waals surface area contributed by atoms with Crippen LogP contribution in [-0.4, -0.2) is 35.1 Å². The Kier molecular flexibility index (Phi) is 5.28. The second-order valence-electron chi connectivity index (χ2n) is 7.65. The van der Waals surface area contributed by atoms with Crippen molar-refractivity contribution in [3.8, 4) is 0 Å². The van der Waals surface area contributed by atoms with Gasteiger partial charge >= 0.3 is 5.97 Å². The van der Waals surface area contributed by atoms with Crippen LogP contribution in [0.5, 0.6) is 0 Å². The number of rotatable bonds is 4. The number of nitrogens with zero attached hydrogens (tertiary/aromatic N) is 1. The van der Waals surface area contributed by atoms with Crippen LogP contribution in [0.25, 0.3) is 0 Å². The number of likely N-dealkylation sites (tertiary alicyclic amines) is 1. The second-order valence-corrected chi connectivity index (χ2v) is 7.65. The zero-order valence-corrected chi connectivity index (χ0v) is 14.3. The van der Waals surface area contributed by atoms with E-state index in [0.717, 1.165) is 25.8 Å². The van der Waals surface area contributed by atoms with E-state index in [1.165, 1.54) is 11.1 Å². The Hall–Kier alpha value is -1.35. The van der Waals surface area contributed by atoms with Crippen molar-refractivity contribution < 1.29 is 9.90 Å². The molecule has 1 aliphatic heterocycles. The minimum Gasteiger partial charge on any atom is -0.481 e. The summed E-state index contributed by atoms with van der Waals surface area (Å²) >= 11 is 0. The van der Waals surface area contributed by atoms with E-state index in [-0.39, 0.29) is 11.3 Å². The van der Waals surface area contributed by atoms with E-state index < -0.39 is 5.97 Å². The quantitative estimate of drug-likeness (QED) is 0.921. The molecule has 0 amide bonds. The van der Waals surface area contributed by atoms with Gasteiger partial charge in [-0.1, -0.05) is 45.0 Å². The molecule has 1 saturated heterocycles. The molecule has 1 heterocycles. The summed E-state index contributed by atoms with van der Waals surface area (Å²) in [5.41, 5.74) is 2.88. The van der Waals surface area contributed by atoms with E-state index in [9.17, 15) is 9.90 Å². The smallest absolute Gasteiger partial charge is 0.307 e. The van der Waals surface area contributed by atoms with E-state index in [4.69, 9.17) is 0 Å². The van der Waals surface area contributed by atoms with Gasteiger partial charge in [-0.2, -0.15) is 0 Å². The Labute approximate surface area is 134 Å². The molecule has 3 heteroatoms. The van der Waals surface area contributed by atoms with Crippen molar-refractivity contribution in [2.24, 2.45) is 5.92 Å². The van der Waals surface area contributed by atoms with Gasteiger partial charge in [0.25, 0.3) is 0 Å². The Morgan fingerprint density at radius 3 is 2.41 bits per heavy atom. The van der Waals surface area contributed by atoms with Crippen molar-refractivity contribution in [1.82, 2.24) is 4.90 Å². The molecule has 0 saturated carbocycles. The number of aliphatic carboxylic acids is 1. The third-order valence-electron chi connectivity index (χ3n) is 4.87. The van der Waals surface area contributed by atoms with E-state index >= 15 is 0 Å². The molecule has 0 aliphatic carbocycles. The van der Waals surface area contributed by atoms with Gasteiger partial charge in [0, 0.05) is 19.1 Å². The third kappa shape index (κ3) is 4.33. The minimum atomic E-state index is -0.647. The van der Waals surface area contributed by atoms with Gasteiger partial charge in [0.15, 0.2) is 0 Å². The van der Waals surface area contributed by atoms with Crippen molar-refractivity contribution in [1.29, 1.82) is 0 Å². The number of carboxylic acid groups (broad SMARTS) is 1. The molecule has 1 aromatic carbocycles. The van der Waals surface area contributed by atoms with Crippen molar-refractivity contribution in [2.45, 2.75) is 58.4 Å². The molecular weight excluding hydrogens is 274 g/mol. The normalized spacial score (nSPS) is 23.5. The lowest BCUT2D eigenvalue weighted by atomic mass is 9.86. The van der Waals surface area contributed by atoms with Gasteiger partial charge in [0.2, 0.25) is 0 Å². The third-order valence-corrected chi connectivity index (χ3v) is 4.87. The molecule has 0 bridgehead atoms. The first-order valence-electron chi connectivity index (χ1n) is 8.33. The first kappa shape index (κ1) is 17.0. The Morgan fingerprint density at radius 2 is 1.86 bits per heavy atom. The standard InChI is InChI=1S/C19H29NO2/c1-14-5-8-16(18(21)22)13-20(14)12-11-15-6-9-17(10-7-15)19(2,3)4/h6-7,9-10,14,16H,5,8,11-13H2,1-4H3,(H,21,22). The predicted octanol–water partition coefficient (Wildman–Crippen LogP) is 3.71. The van der Waals surface area contributed by atoms with Crippen LogP contribution in [0, 0.1) is 5.92 Å². The Balaban J connectivity index is 1.92. The second kappa shape index (κ2) is 6.82. The van der Waals surface area contributed by atoms with Crippen molar-refractivity contribution in [2.75, 3.05) is 13.1 Å². The topological polar surface area (TPSA) is 40.5 Å². The van der Waals surface area contributed by atoms with Crippen molar-refractivity contribution in [3.63, 3.8) is 0 Å². The summed E-state index contributed by atoms with van der Waals surface area (Å²) in [7, 11) is 0. The molecule has 2 unspecified atom stereocenters. The molecule has 0 aromatic heterocycles. The lowest BCUT2D eigenvalue weighted by molar-refractivity contribution is -0.144. The summed E-state index contributed by atoms with van der Waals surface area (Å²) in [6.45, 7) is 10.5. The largest absolute Gasteiger partial charge is 0.481 e. The van der Waals surface area contributed by atoms with Crippen LogP contribution in [0.3, 0.4) is 0 Å². The van der Waals surface area contributed by atoms with Gasteiger partial charge < -0.3 is 5.11 Å². The summed E-state index contributed by atoms with van der Waals surface area (Å²) in [5, 5.41) is 9.21. The summed E-state index contributed by atoms with van der Waals surface area (Å²) in [4.78, 5) is 13.5. The van der Waals surface area contributed by atoms with Gasteiger partial charge in [-0.15, -0.1) is 0 Å². The van der Waals surface area contributed by atoms with Crippen LogP contribution >= 0.6 is 0 Å². The molecule has 122 valence electrons. The Morgan fingerprint density at radius 1 is 1.23 bits per heavy atom. The maximum atomic E-state index is 11.2. The highest BCUT2D eigenvalue weighted by Gasteiger charge is 2.29. The van der Waals surface area contributed by atoms with Gasteiger partial charge in [-0.05, 0) is 42.7 Å². The zero-order chi connectivity index (χ0) is 16.3. The number of hydrogen-bond donors (Lipinski definition) is 1. The monoisotopic (exact) mass is 303 g/mol. The highest BCUT2D eigenvalue weighted by molar-refractivity contribution is 5.70. The summed E-state index contributed by atoms with van der Waals surface area (Å²) in [6, 6.07) is 9.35. The molecule has 1 aliphatic rings. The molecule has 0 spiro atoms. The van der Waals surface area contributed by atoms with Gasteiger partial charge in [0.05, 0.1) is 5.92 Å². The average molecular weight is 303 g/mol. The predicted molar refractivity (Wildman–Crippen MR) is 90.2 cm³/mol. The van der Waals surface area contributed by atoms with E-state index in [1.54, 1.807) is 0 Å². The summed E-state index contributed by atoms with van der Waals surface area (Å²) in [5.74, 6) is -0.842. The first-order chi connectivity index (χ1) is 10.3. The molecule has 3 nitrogen and oxygen atoms in total. The number of carbonyl (C=O) groups is 1. The van der Waals surface area contributed by atoms with Gasteiger partial charge in [-0.3, -0.25) is 9.69 Å². The van der Waals surface area contributed by atoms with E-state index in [1.807, 2.05) is 0 Å². The van der Waals surface area contributed by atoms with Crippen LogP contribution in [0.15, 0.2) is 24.3 Å². The molecule has 22 heavy (non-hydrogen) atoms. The number of hydrogen-bond acceptors (Lipinski definition) is 2. The molecule has 0 radical (unpaired) electrons. The zero-order valence-electron chi connectivity index (χ0n) is 14.3. The lowest BCUT2D eigenvalue weighted by Gasteiger charge is -2.36. The number of piperidine rings is 1. The van der Waals surface area contributed by atoms with E-state index in [0.29, 0.717) is 12.6 Å². The first-order valence-corrected chi connectivity index (χ1v) is 8.33. The molecule has 1 aromatic rings. The minimum absolute atomic E-state index is 0.189. The Bertz CT molecular complexity index is 501. The number of benzene rings is 1. The van der Waals surface area contributed by atoms with Crippen LogP contribution in [0.2, 0.25) is 0 Å². The summed E-state index contributed by atoms with van der Waals surface area (Å²) in [6.07, 6.45) is 2.79. The fourth-order valence-corrected chi connectivity index (χ4v) is 3.14. The maximum absolute atomic E-state index is 11.2.